The molecule has 1 heterocycles. The van der Waals surface area contributed by atoms with Gasteiger partial charge < -0.3 is 15.5 Å². The molecule has 0 saturated carbocycles. The van der Waals surface area contributed by atoms with Crippen molar-refractivity contribution in [3.05, 3.63) is 35.2 Å². The molecule has 1 atom stereocenters. The third-order valence-corrected chi connectivity index (χ3v) is 4.42. The van der Waals surface area contributed by atoms with Crippen molar-refractivity contribution in [2.45, 2.75) is 45.4 Å². The lowest BCUT2D eigenvalue weighted by atomic mass is 10.1. The molecule has 0 bridgehead atoms. The van der Waals surface area contributed by atoms with Gasteiger partial charge in [0.1, 0.15) is 0 Å². The fourth-order valence-electron chi connectivity index (χ4n) is 2.43. The molecule has 0 fully saturated rings. The number of carbonyl (C=O) groups excluding carboxylic acids is 1. The zero-order valence-corrected chi connectivity index (χ0v) is 15.4. The number of nitrogens with one attached hydrogen (secondary N) is 1. The Kier molecular flexibility index (Phi) is 6.39. The molecule has 24 heavy (non-hydrogen) atoms. The minimum absolute atomic E-state index is 0.0182. The van der Waals surface area contributed by atoms with Crippen LogP contribution in [0.2, 0.25) is 0 Å². The lowest BCUT2D eigenvalue weighted by Gasteiger charge is -2.10. The number of nitrogens with zero attached hydrogens (tertiary/aromatic N) is 2. The maximum absolute atomic E-state index is 12.1. The van der Waals surface area contributed by atoms with Crippen LogP contribution in [0, 0.1) is 19.8 Å². The van der Waals surface area contributed by atoms with E-state index >= 15 is 0 Å². The van der Waals surface area contributed by atoms with Crippen LogP contribution >= 0.6 is 11.8 Å². The number of thioether (sulfide) groups is 1. The van der Waals surface area contributed by atoms with Crippen molar-refractivity contribution < 1.29 is 14.9 Å². The second kappa shape index (κ2) is 8.30. The van der Waals surface area contributed by atoms with E-state index in [9.17, 15) is 4.79 Å². The summed E-state index contributed by atoms with van der Waals surface area (Å²) in [6, 6.07) is 5.91. The highest BCUT2D eigenvalue weighted by molar-refractivity contribution is 7.99. The maximum atomic E-state index is 12.1. The molecular formula is C17H25N4O2S+. The molecule has 0 spiro atoms. The molecule has 2 rings (SSSR count). The summed E-state index contributed by atoms with van der Waals surface area (Å²) in [4.78, 5) is 12.1. The van der Waals surface area contributed by atoms with Crippen LogP contribution in [-0.2, 0) is 4.79 Å². The minimum atomic E-state index is -0.0921. The number of aryl methyl sites for hydroxylation is 2. The Morgan fingerprint density at radius 3 is 2.58 bits per heavy atom. The molecule has 4 N–H and O–H groups in total. The van der Waals surface area contributed by atoms with Crippen LogP contribution < -0.4 is 11.1 Å². The summed E-state index contributed by atoms with van der Waals surface area (Å²) in [6.45, 7) is 8.20. The number of aromatic nitrogens is 2. The first-order valence-electron chi connectivity index (χ1n) is 8.02. The fourth-order valence-corrected chi connectivity index (χ4v) is 3.00. The van der Waals surface area contributed by atoms with Crippen LogP contribution in [0.5, 0.6) is 0 Å². The van der Waals surface area contributed by atoms with Gasteiger partial charge in [-0.3, -0.25) is 4.79 Å². The Balaban J connectivity index is 1.89. The van der Waals surface area contributed by atoms with Gasteiger partial charge in [-0.25, -0.2) is 0 Å². The molecule has 0 aliphatic heterocycles. The number of para-hydroxylation sites is 1. The summed E-state index contributed by atoms with van der Waals surface area (Å²) in [7, 11) is 0. The van der Waals surface area contributed by atoms with E-state index in [1.165, 1.54) is 11.8 Å². The summed E-state index contributed by atoms with van der Waals surface area (Å²) >= 11 is 1.24. The second-order valence-corrected chi connectivity index (χ2v) is 7.26. The first-order chi connectivity index (χ1) is 11.4. The molecule has 2 aromatic rings. The highest BCUT2D eigenvalue weighted by Gasteiger charge is 2.19. The monoisotopic (exact) mass is 349 g/mol. The van der Waals surface area contributed by atoms with Crippen molar-refractivity contribution in [1.82, 2.24) is 10.2 Å². The van der Waals surface area contributed by atoms with Gasteiger partial charge in [0.2, 0.25) is 5.91 Å². The van der Waals surface area contributed by atoms with E-state index in [-0.39, 0.29) is 17.7 Å². The average Bonchev–Trinajstić information content (AvgIpc) is 2.97. The van der Waals surface area contributed by atoms with E-state index in [0.29, 0.717) is 17.0 Å². The molecule has 7 heteroatoms. The molecule has 0 radical (unpaired) electrons. The van der Waals surface area contributed by atoms with Gasteiger partial charge in [-0.2, -0.15) is 0 Å². The van der Waals surface area contributed by atoms with Crippen LogP contribution in [0.4, 0.5) is 5.69 Å². The fraction of sp³-hybridized carbons (Fsp3) is 0.471. The molecule has 1 aromatic heterocycles. The van der Waals surface area contributed by atoms with E-state index in [1.807, 2.05) is 32.0 Å². The predicted molar refractivity (Wildman–Crippen MR) is 94.7 cm³/mol. The van der Waals surface area contributed by atoms with Crippen LogP contribution in [0.3, 0.4) is 0 Å². The Bertz CT molecular complexity index is 679. The highest BCUT2D eigenvalue weighted by Crippen LogP contribution is 2.23. The summed E-state index contributed by atoms with van der Waals surface area (Å²) in [5, 5.41) is 11.4. The lowest BCUT2D eigenvalue weighted by molar-refractivity contribution is -0.435. The smallest absolute Gasteiger partial charge is 0.277 e. The summed E-state index contributed by atoms with van der Waals surface area (Å²) in [5.41, 5.74) is 7.00. The van der Waals surface area contributed by atoms with Crippen LogP contribution in [0.25, 0.3) is 0 Å². The highest BCUT2D eigenvalue weighted by atomic mass is 32.2. The number of anilines is 1. The summed E-state index contributed by atoms with van der Waals surface area (Å²) in [6.07, 6.45) is 0.888. The summed E-state index contributed by atoms with van der Waals surface area (Å²) in [5.74, 6) is 1.17. The van der Waals surface area contributed by atoms with E-state index in [4.69, 9.17) is 4.42 Å². The van der Waals surface area contributed by atoms with E-state index in [0.717, 1.165) is 23.2 Å². The van der Waals surface area contributed by atoms with E-state index in [2.05, 4.69) is 35.1 Å². The predicted octanol–water partition coefficient (Wildman–Crippen LogP) is 2.75. The van der Waals surface area contributed by atoms with Gasteiger partial charge in [0.05, 0.1) is 5.75 Å². The Labute approximate surface area is 146 Å². The van der Waals surface area contributed by atoms with Gasteiger partial charge in [0.25, 0.3) is 11.1 Å². The second-order valence-electron chi connectivity index (χ2n) is 6.34. The third-order valence-electron chi connectivity index (χ3n) is 3.60. The van der Waals surface area contributed by atoms with Crippen LogP contribution in [0.1, 0.15) is 43.3 Å². The van der Waals surface area contributed by atoms with E-state index < -0.39 is 0 Å². The van der Waals surface area contributed by atoms with Crippen molar-refractivity contribution in [3.8, 4) is 0 Å². The van der Waals surface area contributed by atoms with Crippen LogP contribution in [-0.4, -0.2) is 21.9 Å². The van der Waals surface area contributed by atoms with Crippen LogP contribution in [0.15, 0.2) is 27.8 Å². The quantitative estimate of drug-likeness (QED) is 0.749. The molecule has 130 valence electrons. The molecule has 6 nitrogen and oxygen atoms in total. The molecular weight excluding hydrogens is 324 g/mol. The van der Waals surface area contributed by atoms with Gasteiger partial charge >= 0.3 is 0 Å². The van der Waals surface area contributed by atoms with Crippen molar-refractivity contribution in [2.75, 3.05) is 11.1 Å². The summed E-state index contributed by atoms with van der Waals surface area (Å²) < 4.78 is 5.59. The van der Waals surface area contributed by atoms with E-state index in [1.54, 1.807) is 0 Å². The Morgan fingerprint density at radius 1 is 1.29 bits per heavy atom. The van der Waals surface area contributed by atoms with Crippen molar-refractivity contribution in [1.29, 1.82) is 0 Å². The molecule has 0 saturated heterocycles. The molecule has 1 aromatic carbocycles. The molecule has 0 unspecified atom stereocenters. The average molecular weight is 349 g/mol. The number of hydrogen-bond donors (Lipinski definition) is 2. The number of rotatable bonds is 7. The lowest BCUT2D eigenvalue weighted by Crippen LogP contribution is -2.54. The van der Waals surface area contributed by atoms with Crippen molar-refractivity contribution in [2.24, 2.45) is 5.92 Å². The Hall–Kier alpha value is -1.86. The SMILES string of the molecule is Cc1cccc(C)c1NC(=O)CSc1nnc([C@@H]([NH3+])CC(C)C)o1. The third kappa shape index (κ3) is 5.07. The number of quaternary nitrogens is 1. The van der Waals surface area contributed by atoms with Gasteiger partial charge in [-0.05, 0) is 30.9 Å². The van der Waals surface area contributed by atoms with Gasteiger partial charge in [-0.1, -0.05) is 43.8 Å². The topological polar surface area (TPSA) is 95.7 Å². The normalized spacial score (nSPS) is 12.4. The standard InChI is InChI=1S/C17H24N4O2S/c1-10(2)8-13(18)16-20-21-17(23-16)24-9-14(22)19-15-11(3)6-5-7-12(15)4/h5-7,10,13H,8-9,18H2,1-4H3,(H,19,22)/p+1/t13-/m0/s1. The number of benzene rings is 1. The number of hydrogen-bond acceptors (Lipinski definition) is 5. The molecule has 0 aliphatic carbocycles. The zero-order chi connectivity index (χ0) is 17.7. The number of amides is 1. The number of carbonyl (C=O) groups is 1. The first-order valence-corrected chi connectivity index (χ1v) is 9.00. The van der Waals surface area contributed by atoms with Crippen molar-refractivity contribution >= 4 is 23.4 Å². The van der Waals surface area contributed by atoms with Gasteiger partial charge in [-0.15, -0.1) is 10.2 Å². The van der Waals surface area contributed by atoms with Crippen molar-refractivity contribution in [3.63, 3.8) is 0 Å². The first kappa shape index (κ1) is 18.5. The zero-order valence-electron chi connectivity index (χ0n) is 14.6. The largest absolute Gasteiger partial charge is 0.410 e. The minimum Gasteiger partial charge on any atom is -0.410 e. The Morgan fingerprint density at radius 2 is 1.96 bits per heavy atom. The van der Waals surface area contributed by atoms with Gasteiger partial charge in [0.15, 0.2) is 6.04 Å². The molecule has 0 aliphatic rings. The maximum Gasteiger partial charge on any atom is 0.277 e. The molecule has 1 amide bonds. The van der Waals surface area contributed by atoms with Gasteiger partial charge in [0, 0.05) is 12.1 Å².